The van der Waals surface area contributed by atoms with E-state index in [9.17, 15) is 14.0 Å². The van der Waals surface area contributed by atoms with Crippen LogP contribution in [0.25, 0.3) is 0 Å². The minimum absolute atomic E-state index is 0.160. The van der Waals surface area contributed by atoms with Crippen molar-refractivity contribution in [3.8, 4) is 5.75 Å². The van der Waals surface area contributed by atoms with Gasteiger partial charge in [-0.1, -0.05) is 24.3 Å². The number of piperazine rings is 1. The lowest BCUT2D eigenvalue weighted by Gasteiger charge is -2.36. The molecule has 0 radical (unpaired) electrons. The van der Waals surface area contributed by atoms with Crippen LogP contribution in [-0.2, 0) is 20.9 Å². The van der Waals surface area contributed by atoms with E-state index in [2.05, 4.69) is 5.32 Å². The fourth-order valence-electron chi connectivity index (χ4n) is 3.26. The second kappa shape index (κ2) is 10.6. The number of hydrogen-bond acceptors (Lipinski definition) is 5. The Morgan fingerprint density at radius 1 is 1.03 bits per heavy atom. The molecular formula is C22H26FN3O4. The number of carbonyl (C=O) groups is 2. The van der Waals surface area contributed by atoms with Crippen LogP contribution in [0.1, 0.15) is 5.56 Å². The largest absolute Gasteiger partial charge is 0.497 e. The average molecular weight is 415 g/mol. The minimum atomic E-state index is -0.296. The molecule has 2 aromatic carbocycles. The molecule has 2 aromatic rings. The summed E-state index contributed by atoms with van der Waals surface area (Å²) < 4.78 is 24.3. The van der Waals surface area contributed by atoms with Crippen LogP contribution in [-0.4, -0.2) is 63.2 Å². The predicted octanol–water partition coefficient (Wildman–Crippen LogP) is 1.82. The minimum Gasteiger partial charge on any atom is -0.497 e. The van der Waals surface area contributed by atoms with Crippen LogP contribution in [0.5, 0.6) is 5.75 Å². The summed E-state index contributed by atoms with van der Waals surface area (Å²) in [5, 5.41) is 2.75. The van der Waals surface area contributed by atoms with Crippen LogP contribution in [0, 0.1) is 5.82 Å². The number of nitrogens with zero attached hydrogens (tertiary/aromatic N) is 2. The summed E-state index contributed by atoms with van der Waals surface area (Å²) in [6, 6.07) is 14.0. The number of nitrogens with one attached hydrogen (secondary N) is 1. The molecule has 7 nitrogen and oxygen atoms in total. The lowest BCUT2D eigenvalue weighted by Crippen LogP contribution is -2.50. The first-order valence-corrected chi connectivity index (χ1v) is 9.81. The van der Waals surface area contributed by atoms with Gasteiger partial charge in [-0.15, -0.1) is 0 Å². The van der Waals surface area contributed by atoms with Gasteiger partial charge in [-0.3, -0.25) is 9.59 Å². The Labute approximate surface area is 175 Å². The van der Waals surface area contributed by atoms with Crippen LogP contribution >= 0.6 is 0 Å². The number of methoxy groups -OCH3 is 1. The van der Waals surface area contributed by atoms with Gasteiger partial charge in [-0.2, -0.15) is 0 Å². The molecule has 30 heavy (non-hydrogen) atoms. The van der Waals surface area contributed by atoms with Crippen molar-refractivity contribution in [2.24, 2.45) is 0 Å². The monoisotopic (exact) mass is 415 g/mol. The molecule has 160 valence electrons. The zero-order chi connectivity index (χ0) is 21.3. The second-order valence-corrected chi connectivity index (χ2v) is 6.94. The molecule has 0 unspecified atom stereocenters. The van der Waals surface area contributed by atoms with Gasteiger partial charge in [-0.25, -0.2) is 4.39 Å². The summed E-state index contributed by atoms with van der Waals surface area (Å²) in [5.74, 6) is -0.0157. The molecule has 1 aliphatic rings. The van der Waals surface area contributed by atoms with Gasteiger partial charge in [0.1, 0.15) is 24.8 Å². The standard InChI is InChI=1S/C22H26FN3O4/c1-29-18-6-4-5-17(13-18)14-24-21(27)15-30-16-22(28)26-11-9-25(10-12-26)20-8-3-2-7-19(20)23/h2-8,13H,9-12,14-16H2,1H3,(H,24,27). The average Bonchev–Trinajstić information content (AvgIpc) is 2.78. The van der Waals surface area contributed by atoms with Crippen molar-refractivity contribution in [2.75, 3.05) is 51.4 Å². The Hall–Kier alpha value is -3.13. The first kappa shape index (κ1) is 21.6. The molecule has 1 aliphatic heterocycles. The van der Waals surface area contributed by atoms with E-state index in [-0.39, 0.29) is 30.8 Å². The smallest absolute Gasteiger partial charge is 0.248 e. The predicted molar refractivity (Wildman–Crippen MR) is 111 cm³/mol. The third-order valence-electron chi connectivity index (χ3n) is 4.91. The van der Waals surface area contributed by atoms with E-state index >= 15 is 0 Å². The maximum Gasteiger partial charge on any atom is 0.248 e. The summed E-state index contributed by atoms with van der Waals surface area (Å²) >= 11 is 0. The van der Waals surface area contributed by atoms with Gasteiger partial charge < -0.3 is 24.6 Å². The Bertz CT molecular complexity index is 869. The van der Waals surface area contributed by atoms with Gasteiger partial charge in [0, 0.05) is 32.7 Å². The molecule has 1 N–H and O–H groups in total. The first-order valence-electron chi connectivity index (χ1n) is 9.81. The number of rotatable bonds is 8. The molecule has 2 amide bonds. The van der Waals surface area contributed by atoms with Crippen LogP contribution in [0.2, 0.25) is 0 Å². The van der Waals surface area contributed by atoms with E-state index < -0.39 is 0 Å². The molecule has 3 rings (SSSR count). The SMILES string of the molecule is COc1cccc(CNC(=O)COCC(=O)N2CCN(c3ccccc3F)CC2)c1. The van der Waals surface area contributed by atoms with Crippen molar-refractivity contribution in [1.29, 1.82) is 0 Å². The molecule has 0 aliphatic carbocycles. The van der Waals surface area contributed by atoms with Crippen molar-refractivity contribution >= 4 is 17.5 Å². The lowest BCUT2D eigenvalue weighted by atomic mass is 10.2. The van der Waals surface area contributed by atoms with Gasteiger partial charge in [0.15, 0.2) is 0 Å². The van der Waals surface area contributed by atoms with Crippen LogP contribution in [0.3, 0.4) is 0 Å². The van der Waals surface area contributed by atoms with Gasteiger partial charge in [0.2, 0.25) is 11.8 Å². The molecule has 1 heterocycles. The van der Waals surface area contributed by atoms with Crippen LogP contribution < -0.4 is 15.0 Å². The third kappa shape index (κ3) is 5.93. The number of ether oxygens (including phenoxy) is 2. The van der Waals surface area contributed by atoms with Gasteiger partial charge >= 0.3 is 0 Å². The molecule has 8 heteroatoms. The fraction of sp³-hybridized carbons (Fsp3) is 0.364. The van der Waals surface area contributed by atoms with E-state index in [0.29, 0.717) is 38.4 Å². The molecule has 0 bridgehead atoms. The van der Waals surface area contributed by atoms with E-state index in [1.165, 1.54) is 6.07 Å². The highest BCUT2D eigenvalue weighted by Gasteiger charge is 2.22. The Morgan fingerprint density at radius 3 is 2.53 bits per heavy atom. The number of para-hydroxylation sites is 1. The highest BCUT2D eigenvalue weighted by molar-refractivity contribution is 5.80. The Morgan fingerprint density at radius 2 is 1.80 bits per heavy atom. The summed E-state index contributed by atoms with van der Waals surface area (Å²) in [5.41, 5.74) is 1.46. The van der Waals surface area contributed by atoms with Gasteiger partial charge in [0.05, 0.1) is 12.8 Å². The highest BCUT2D eigenvalue weighted by atomic mass is 19.1. The van der Waals surface area contributed by atoms with Crippen LogP contribution in [0.15, 0.2) is 48.5 Å². The molecule has 0 aromatic heterocycles. The molecular weight excluding hydrogens is 389 g/mol. The topological polar surface area (TPSA) is 71.1 Å². The van der Waals surface area contributed by atoms with E-state index in [1.54, 1.807) is 30.2 Å². The lowest BCUT2D eigenvalue weighted by molar-refractivity contribution is -0.138. The number of anilines is 1. The van der Waals surface area contributed by atoms with Crippen molar-refractivity contribution in [3.05, 3.63) is 59.9 Å². The maximum absolute atomic E-state index is 13.9. The van der Waals surface area contributed by atoms with Gasteiger partial charge in [0.25, 0.3) is 0 Å². The van der Waals surface area contributed by atoms with E-state index in [1.807, 2.05) is 29.2 Å². The van der Waals surface area contributed by atoms with Crippen molar-refractivity contribution in [2.45, 2.75) is 6.54 Å². The number of amides is 2. The summed E-state index contributed by atoms with van der Waals surface area (Å²) in [7, 11) is 1.59. The van der Waals surface area contributed by atoms with Crippen molar-refractivity contribution < 1.29 is 23.5 Å². The molecule has 0 atom stereocenters. The Balaban J connectivity index is 1.35. The highest BCUT2D eigenvalue weighted by Crippen LogP contribution is 2.20. The first-order chi connectivity index (χ1) is 14.6. The number of halogens is 1. The van der Waals surface area contributed by atoms with Gasteiger partial charge in [-0.05, 0) is 29.8 Å². The second-order valence-electron chi connectivity index (χ2n) is 6.94. The van der Waals surface area contributed by atoms with Crippen molar-refractivity contribution in [1.82, 2.24) is 10.2 Å². The molecule has 0 spiro atoms. The summed E-state index contributed by atoms with van der Waals surface area (Å²) in [6.07, 6.45) is 0. The quantitative estimate of drug-likeness (QED) is 0.712. The zero-order valence-corrected chi connectivity index (χ0v) is 17.0. The molecule has 1 fully saturated rings. The molecule has 1 saturated heterocycles. The van der Waals surface area contributed by atoms with E-state index in [0.717, 1.165) is 11.3 Å². The normalized spacial score (nSPS) is 13.8. The summed E-state index contributed by atoms with van der Waals surface area (Å²) in [6.45, 7) is 2.07. The third-order valence-corrected chi connectivity index (χ3v) is 4.91. The molecule has 0 saturated carbocycles. The number of benzene rings is 2. The fourth-order valence-corrected chi connectivity index (χ4v) is 3.26. The summed E-state index contributed by atoms with van der Waals surface area (Å²) in [4.78, 5) is 27.8. The van der Waals surface area contributed by atoms with Crippen molar-refractivity contribution in [3.63, 3.8) is 0 Å². The zero-order valence-electron chi connectivity index (χ0n) is 17.0. The Kier molecular flexibility index (Phi) is 7.62. The van der Waals surface area contributed by atoms with E-state index in [4.69, 9.17) is 9.47 Å². The maximum atomic E-state index is 13.9. The van der Waals surface area contributed by atoms with Crippen LogP contribution in [0.4, 0.5) is 10.1 Å². The number of hydrogen-bond donors (Lipinski definition) is 1. The number of carbonyl (C=O) groups excluding carboxylic acids is 2.